The van der Waals surface area contributed by atoms with Gasteiger partial charge in [0.25, 0.3) is 0 Å². The molecular weight excluding hydrogens is 367 g/mol. The second-order valence-electron chi connectivity index (χ2n) is 7.92. The van der Waals surface area contributed by atoms with Gasteiger partial charge in [-0.3, -0.25) is 4.90 Å². The highest BCUT2D eigenvalue weighted by atomic mass is 16.4. The lowest BCUT2D eigenvalue weighted by atomic mass is 9.80. The average Bonchev–Trinajstić information content (AvgIpc) is 2.72. The number of hydrogen-bond donors (Lipinski definition) is 4. The normalized spacial score (nSPS) is 17.7. The molecule has 29 heavy (non-hydrogen) atoms. The maximum absolute atomic E-state index is 12.0. The zero-order valence-corrected chi connectivity index (χ0v) is 17.5. The maximum atomic E-state index is 12.0. The van der Waals surface area contributed by atoms with Crippen LogP contribution < -0.4 is 5.73 Å². The Kier molecular flexibility index (Phi) is 9.87. The van der Waals surface area contributed by atoms with Crippen LogP contribution in [0.25, 0.3) is 0 Å². The van der Waals surface area contributed by atoms with Crippen molar-refractivity contribution in [2.75, 3.05) is 19.6 Å². The molecule has 1 heterocycles. The molecule has 160 valence electrons. The summed E-state index contributed by atoms with van der Waals surface area (Å²) in [5.41, 5.74) is 8.39. The van der Waals surface area contributed by atoms with Gasteiger partial charge in [-0.25, -0.2) is 4.79 Å². The van der Waals surface area contributed by atoms with Crippen LogP contribution in [0.1, 0.15) is 57.1 Å². The zero-order chi connectivity index (χ0) is 21.2. The first-order valence-electron chi connectivity index (χ1n) is 10.8. The third-order valence-corrected chi connectivity index (χ3v) is 5.92. The van der Waals surface area contributed by atoms with E-state index in [1.807, 2.05) is 6.07 Å². The SMILES string of the molecule is CCCC(c1ccccc1)N1CCC(/C(C(=O)O)=C(/CN)CCCB(O)O)CC1. The highest BCUT2D eigenvalue weighted by Gasteiger charge is 2.31. The molecule has 0 radical (unpaired) electrons. The maximum Gasteiger partial charge on any atom is 0.451 e. The molecule has 0 aromatic heterocycles. The molecular formula is C22H35BN2O4. The molecule has 1 aromatic carbocycles. The lowest BCUT2D eigenvalue weighted by Crippen LogP contribution is -2.38. The van der Waals surface area contributed by atoms with E-state index >= 15 is 0 Å². The monoisotopic (exact) mass is 402 g/mol. The second kappa shape index (κ2) is 12.1. The quantitative estimate of drug-likeness (QED) is 0.335. The molecule has 0 spiro atoms. The van der Waals surface area contributed by atoms with E-state index in [0.717, 1.165) is 44.3 Å². The number of nitrogens with two attached hydrogens (primary N) is 1. The second-order valence-corrected chi connectivity index (χ2v) is 7.92. The van der Waals surface area contributed by atoms with Crippen LogP contribution in [0.5, 0.6) is 0 Å². The highest BCUT2D eigenvalue weighted by Crippen LogP contribution is 2.34. The summed E-state index contributed by atoms with van der Waals surface area (Å²) in [6.45, 7) is 4.14. The lowest BCUT2D eigenvalue weighted by molar-refractivity contribution is -0.133. The fourth-order valence-electron chi connectivity index (χ4n) is 4.47. The van der Waals surface area contributed by atoms with Crippen molar-refractivity contribution in [1.29, 1.82) is 0 Å². The summed E-state index contributed by atoms with van der Waals surface area (Å²) >= 11 is 0. The molecule has 7 heteroatoms. The molecule has 1 unspecified atom stereocenters. The van der Waals surface area contributed by atoms with Crippen LogP contribution in [0.4, 0.5) is 0 Å². The minimum Gasteiger partial charge on any atom is -0.478 e. The third kappa shape index (κ3) is 6.96. The predicted octanol–water partition coefficient (Wildman–Crippen LogP) is 2.83. The van der Waals surface area contributed by atoms with Gasteiger partial charge in [0.2, 0.25) is 0 Å². The Hall–Kier alpha value is -1.67. The van der Waals surface area contributed by atoms with Crippen LogP contribution in [-0.2, 0) is 4.79 Å². The highest BCUT2D eigenvalue weighted by molar-refractivity contribution is 6.40. The van der Waals surface area contributed by atoms with Gasteiger partial charge in [-0.1, -0.05) is 50.1 Å². The average molecular weight is 402 g/mol. The van der Waals surface area contributed by atoms with Gasteiger partial charge >= 0.3 is 13.1 Å². The summed E-state index contributed by atoms with van der Waals surface area (Å²) in [4.78, 5) is 14.5. The summed E-state index contributed by atoms with van der Waals surface area (Å²) in [6, 6.07) is 10.9. The van der Waals surface area contributed by atoms with Crippen LogP contribution in [0, 0.1) is 5.92 Å². The summed E-state index contributed by atoms with van der Waals surface area (Å²) in [6.07, 6.45) is 5.05. The molecule has 1 fully saturated rings. The molecule has 0 aliphatic carbocycles. The first-order valence-corrected chi connectivity index (χ1v) is 10.8. The molecule has 1 aromatic rings. The van der Waals surface area contributed by atoms with E-state index in [-0.39, 0.29) is 18.8 Å². The standard InChI is InChI=1S/C22H35BN2O4/c1-2-7-20(17-8-4-3-5-9-17)25-14-11-18(12-15-25)21(22(26)27)19(16-24)10-6-13-23(28)29/h3-5,8-9,18,20,28-29H,2,6-7,10-16,24H2,1H3,(H,26,27)/b21-19-. The fourth-order valence-corrected chi connectivity index (χ4v) is 4.47. The number of carbonyl (C=O) groups is 1. The number of carboxylic acids is 1. The van der Waals surface area contributed by atoms with Crippen molar-refractivity contribution in [2.45, 2.75) is 57.8 Å². The molecule has 1 atom stereocenters. The molecule has 0 saturated carbocycles. The Morgan fingerprint density at radius 3 is 2.41 bits per heavy atom. The van der Waals surface area contributed by atoms with Crippen molar-refractivity contribution in [2.24, 2.45) is 11.7 Å². The minimum absolute atomic E-state index is 0.000556. The molecule has 0 bridgehead atoms. The van der Waals surface area contributed by atoms with Crippen molar-refractivity contribution in [3.63, 3.8) is 0 Å². The first kappa shape index (κ1) is 23.6. The number of rotatable bonds is 11. The Labute approximate surface area is 174 Å². The summed E-state index contributed by atoms with van der Waals surface area (Å²) in [7, 11) is -1.36. The Balaban J connectivity index is 2.09. The van der Waals surface area contributed by atoms with Gasteiger partial charge in [-0.2, -0.15) is 0 Å². The molecule has 6 nitrogen and oxygen atoms in total. The van der Waals surface area contributed by atoms with Crippen LogP contribution in [0.15, 0.2) is 41.5 Å². The van der Waals surface area contributed by atoms with Crippen LogP contribution in [0.2, 0.25) is 6.32 Å². The fraction of sp³-hybridized carbons (Fsp3) is 0.591. The van der Waals surface area contributed by atoms with Crippen LogP contribution in [-0.4, -0.2) is 52.8 Å². The summed E-state index contributed by atoms with van der Waals surface area (Å²) in [5.74, 6) is -0.888. The van der Waals surface area contributed by atoms with Crippen molar-refractivity contribution < 1.29 is 19.9 Å². The number of hydrogen-bond acceptors (Lipinski definition) is 5. The van der Waals surface area contributed by atoms with Gasteiger partial charge in [0.05, 0.1) is 0 Å². The lowest BCUT2D eigenvalue weighted by Gasteiger charge is -2.38. The van der Waals surface area contributed by atoms with E-state index in [2.05, 4.69) is 36.1 Å². The van der Waals surface area contributed by atoms with Crippen molar-refractivity contribution in [3.05, 3.63) is 47.0 Å². The number of piperidine rings is 1. The predicted molar refractivity (Wildman–Crippen MR) is 116 cm³/mol. The number of carboxylic acid groups (broad SMARTS) is 1. The zero-order valence-electron chi connectivity index (χ0n) is 17.5. The van der Waals surface area contributed by atoms with Gasteiger partial charge in [0.1, 0.15) is 0 Å². The Morgan fingerprint density at radius 2 is 1.90 bits per heavy atom. The van der Waals surface area contributed by atoms with E-state index in [9.17, 15) is 9.90 Å². The molecule has 1 aliphatic heterocycles. The topological polar surface area (TPSA) is 107 Å². The summed E-state index contributed by atoms with van der Waals surface area (Å²) in [5, 5.41) is 27.9. The van der Waals surface area contributed by atoms with E-state index in [0.29, 0.717) is 24.5 Å². The third-order valence-electron chi connectivity index (χ3n) is 5.92. The molecule has 0 amide bonds. The van der Waals surface area contributed by atoms with Crippen molar-refractivity contribution >= 4 is 13.1 Å². The molecule has 1 saturated heterocycles. The van der Waals surface area contributed by atoms with Gasteiger partial charge < -0.3 is 20.9 Å². The van der Waals surface area contributed by atoms with E-state index in [4.69, 9.17) is 15.8 Å². The van der Waals surface area contributed by atoms with Crippen molar-refractivity contribution in [1.82, 2.24) is 4.90 Å². The van der Waals surface area contributed by atoms with Gasteiger partial charge in [0, 0.05) is 18.2 Å². The van der Waals surface area contributed by atoms with E-state index in [1.165, 1.54) is 5.56 Å². The molecule has 2 rings (SSSR count). The van der Waals surface area contributed by atoms with E-state index < -0.39 is 13.1 Å². The van der Waals surface area contributed by atoms with Crippen LogP contribution >= 0.6 is 0 Å². The van der Waals surface area contributed by atoms with Crippen LogP contribution in [0.3, 0.4) is 0 Å². The van der Waals surface area contributed by atoms with Gasteiger partial charge in [-0.15, -0.1) is 0 Å². The largest absolute Gasteiger partial charge is 0.478 e. The molecule has 1 aliphatic rings. The van der Waals surface area contributed by atoms with E-state index in [1.54, 1.807) is 0 Å². The van der Waals surface area contributed by atoms with Crippen molar-refractivity contribution in [3.8, 4) is 0 Å². The number of nitrogens with zero attached hydrogens (tertiary/aromatic N) is 1. The van der Waals surface area contributed by atoms with Gasteiger partial charge in [0.15, 0.2) is 0 Å². The first-order chi connectivity index (χ1) is 14.0. The Bertz CT molecular complexity index is 658. The summed E-state index contributed by atoms with van der Waals surface area (Å²) < 4.78 is 0. The van der Waals surface area contributed by atoms with Gasteiger partial charge in [-0.05, 0) is 62.1 Å². The minimum atomic E-state index is -1.36. The Morgan fingerprint density at radius 1 is 1.24 bits per heavy atom. The number of benzene rings is 1. The molecule has 5 N–H and O–H groups in total. The number of likely N-dealkylation sites (tertiary alicyclic amines) is 1. The smallest absolute Gasteiger partial charge is 0.451 e. The number of aliphatic carboxylic acids is 1.